The Labute approximate surface area is 126 Å². The molecule has 1 saturated heterocycles. The van der Waals surface area contributed by atoms with E-state index >= 15 is 0 Å². The number of nitrogens with one attached hydrogen (secondary N) is 1. The van der Waals surface area contributed by atoms with Crippen molar-refractivity contribution in [3.8, 4) is 0 Å². The number of hydrogen-bond acceptors (Lipinski definition) is 6. The minimum atomic E-state index is -0.499. The minimum absolute atomic E-state index is 0.0105. The Hall–Kier alpha value is -1.18. The largest absolute Gasteiger partial charge is 0.377 e. The molecule has 0 aliphatic carbocycles. The fraction of sp³-hybridized carbons (Fsp3) is 0.636. The highest BCUT2D eigenvalue weighted by atomic mass is 35.5. The molecule has 1 N–H and O–H groups in total. The summed E-state index contributed by atoms with van der Waals surface area (Å²) < 4.78 is 5.36. The zero-order valence-electron chi connectivity index (χ0n) is 11.0. The molecule has 0 saturated carbocycles. The maximum absolute atomic E-state index is 12.2. The Morgan fingerprint density at radius 2 is 2.30 bits per heavy atom. The summed E-state index contributed by atoms with van der Waals surface area (Å²) >= 11 is 11.7. The topological polar surface area (TPSA) is 80.2 Å². The molecule has 1 atom stereocenters. The van der Waals surface area contributed by atoms with Gasteiger partial charge in [0.1, 0.15) is 6.04 Å². The van der Waals surface area contributed by atoms with Crippen LogP contribution in [0.4, 0.5) is 5.82 Å². The number of anilines is 1. The van der Waals surface area contributed by atoms with Gasteiger partial charge in [-0.25, -0.2) is 0 Å². The maximum Gasteiger partial charge on any atom is 0.245 e. The Morgan fingerprint density at radius 3 is 3.05 bits per heavy atom. The van der Waals surface area contributed by atoms with Crippen molar-refractivity contribution in [1.82, 2.24) is 20.5 Å². The van der Waals surface area contributed by atoms with Crippen molar-refractivity contribution in [3.63, 3.8) is 0 Å². The Balaban J connectivity index is 2.22. The number of morpholine rings is 1. The van der Waals surface area contributed by atoms with Gasteiger partial charge in [-0.1, -0.05) is 18.5 Å². The first-order valence-corrected chi connectivity index (χ1v) is 7.07. The van der Waals surface area contributed by atoms with E-state index in [1.54, 1.807) is 4.90 Å². The second kappa shape index (κ2) is 7.01. The molecule has 0 bridgehead atoms. The summed E-state index contributed by atoms with van der Waals surface area (Å²) in [6, 6.07) is -0.499. The summed E-state index contributed by atoms with van der Waals surface area (Å²) in [5.74, 6) is 0.226. The predicted octanol–water partition coefficient (Wildman–Crippen LogP) is 0.910. The van der Waals surface area contributed by atoms with E-state index in [2.05, 4.69) is 20.5 Å². The SMILES string of the molecule is CCCNC(=O)C1COCCN1c1nc(Cl)nnc1Cl. The second-order valence-electron chi connectivity index (χ2n) is 4.27. The van der Waals surface area contributed by atoms with Gasteiger partial charge >= 0.3 is 0 Å². The number of nitrogens with zero attached hydrogens (tertiary/aromatic N) is 4. The van der Waals surface area contributed by atoms with E-state index in [0.717, 1.165) is 6.42 Å². The molecule has 1 fully saturated rings. The van der Waals surface area contributed by atoms with Crippen LogP contribution in [-0.4, -0.2) is 53.4 Å². The van der Waals surface area contributed by atoms with E-state index in [4.69, 9.17) is 27.9 Å². The molecule has 2 rings (SSSR count). The fourth-order valence-corrected chi connectivity index (χ4v) is 2.22. The summed E-state index contributed by atoms with van der Waals surface area (Å²) in [5, 5.41) is 10.2. The lowest BCUT2D eigenvalue weighted by Crippen LogP contribution is -2.54. The average Bonchev–Trinajstić information content (AvgIpc) is 2.47. The van der Waals surface area contributed by atoms with Gasteiger partial charge in [0.25, 0.3) is 0 Å². The third-order valence-electron chi connectivity index (χ3n) is 2.86. The fourth-order valence-electron chi connectivity index (χ4n) is 1.91. The summed E-state index contributed by atoms with van der Waals surface area (Å²) in [6.07, 6.45) is 0.862. The molecule has 0 spiro atoms. The van der Waals surface area contributed by atoms with Crippen molar-refractivity contribution in [2.24, 2.45) is 0 Å². The van der Waals surface area contributed by atoms with Crippen LogP contribution >= 0.6 is 23.2 Å². The van der Waals surface area contributed by atoms with Crippen LogP contribution in [0.1, 0.15) is 13.3 Å². The van der Waals surface area contributed by atoms with Gasteiger partial charge < -0.3 is 15.0 Å². The molecule has 1 aromatic heterocycles. The number of hydrogen-bond donors (Lipinski definition) is 1. The molecule has 1 aromatic rings. The van der Waals surface area contributed by atoms with Crippen molar-refractivity contribution in [1.29, 1.82) is 0 Å². The Morgan fingerprint density at radius 1 is 1.50 bits per heavy atom. The number of amides is 1. The highest BCUT2D eigenvalue weighted by Crippen LogP contribution is 2.25. The van der Waals surface area contributed by atoms with Gasteiger partial charge in [-0.05, 0) is 18.0 Å². The van der Waals surface area contributed by atoms with E-state index in [1.165, 1.54) is 0 Å². The molecule has 0 aromatic carbocycles. The van der Waals surface area contributed by atoms with Gasteiger partial charge in [0.15, 0.2) is 11.0 Å². The number of aromatic nitrogens is 3. The van der Waals surface area contributed by atoms with Crippen LogP contribution in [0.15, 0.2) is 0 Å². The lowest BCUT2D eigenvalue weighted by atomic mass is 10.2. The maximum atomic E-state index is 12.2. The molecule has 110 valence electrons. The summed E-state index contributed by atoms with van der Waals surface area (Å²) in [5.41, 5.74) is 0. The molecule has 20 heavy (non-hydrogen) atoms. The Kier molecular flexibility index (Phi) is 5.33. The first-order valence-electron chi connectivity index (χ1n) is 6.31. The predicted molar refractivity (Wildman–Crippen MR) is 75.1 cm³/mol. The van der Waals surface area contributed by atoms with Gasteiger partial charge in [-0.3, -0.25) is 4.79 Å². The van der Waals surface area contributed by atoms with Gasteiger partial charge in [-0.15, -0.1) is 10.2 Å². The van der Waals surface area contributed by atoms with Crippen molar-refractivity contribution in [2.45, 2.75) is 19.4 Å². The number of ether oxygens (including phenoxy) is 1. The van der Waals surface area contributed by atoms with E-state index in [0.29, 0.717) is 25.5 Å². The van der Waals surface area contributed by atoms with E-state index in [1.807, 2.05) is 6.92 Å². The molecule has 1 amide bonds. The minimum Gasteiger partial charge on any atom is -0.377 e. The molecule has 1 aliphatic heterocycles. The molecule has 1 unspecified atom stereocenters. The van der Waals surface area contributed by atoms with Crippen LogP contribution in [-0.2, 0) is 9.53 Å². The molecule has 9 heteroatoms. The molecule has 2 heterocycles. The lowest BCUT2D eigenvalue weighted by molar-refractivity contribution is -0.124. The molecular formula is C11H15Cl2N5O2. The van der Waals surface area contributed by atoms with Crippen molar-refractivity contribution >= 4 is 34.9 Å². The zero-order valence-corrected chi connectivity index (χ0v) is 12.5. The molecule has 0 radical (unpaired) electrons. The summed E-state index contributed by atoms with van der Waals surface area (Å²) in [6.45, 7) is 3.84. The number of rotatable bonds is 4. The number of carbonyl (C=O) groups is 1. The van der Waals surface area contributed by atoms with E-state index in [-0.39, 0.29) is 23.0 Å². The average molecular weight is 320 g/mol. The first kappa shape index (κ1) is 15.2. The molecular weight excluding hydrogens is 305 g/mol. The highest BCUT2D eigenvalue weighted by Gasteiger charge is 2.32. The number of carbonyl (C=O) groups excluding carboxylic acids is 1. The third-order valence-corrected chi connectivity index (χ3v) is 3.26. The van der Waals surface area contributed by atoms with Crippen molar-refractivity contribution < 1.29 is 9.53 Å². The normalized spacial score (nSPS) is 18.9. The van der Waals surface area contributed by atoms with Gasteiger partial charge in [0, 0.05) is 13.1 Å². The van der Waals surface area contributed by atoms with Gasteiger partial charge in [0.2, 0.25) is 11.2 Å². The van der Waals surface area contributed by atoms with Crippen LogP contribution < -0.4 is 10.2 Å². The molecule has 7 nitrogen and oxygen atoms in total. The standard InChI is InChI=1S/C11H15Cl2N5O2/c1-2-3-14-10(19)7-6-20-5-4-18(7)9-8(12)16-17-11(13)15-9/h7H,2-6H2,1H3,(H,14,19). The highest BCUT2D eigenvalue weighted by molar-refractivity contribution is 6.32. The third kappa shape index (κ3) is 3.47. The van der Waals surface area contributed by atoms with Crippen molar-refractivity contribution in [3.05, 3.63) is 10.4 Å². The van der Waals surface area contributed by atoms with Crippen LogP contribution in [0.3, 0.4) is 0 Å². The quantitative estimate of drug-likeness (QED) is 0.888. The van der Waals surface area contributed by atoms with Crippen molar-refractivity contribution in [2.75, 3.05) is 31.2 Å². The summed E-state index contributed by atoms with van der Waals surface area (Å²) in [4.78, 5) is 18.0. The van der Waals surface area contributed by atoms with Gasteiger partial charge in [-0.2, -0.15) is 4.98 Å². The monoisotopic (exact) mass is 319 g/mol. The van der Waals surface area contributed by atoms with Crippen LogP contribution in [0, 0.1) is 0 Å². The van der Waals surface area contributed by atoms with Crippen LogP contribution in [0.25, 0.3) is 0 Å². The lowest BCUT2D eigenvalue weighted by Gasteiger charge is -2.35. The first-order chi connectivity index (χ1) is 9.63. The Bertz CT molecular complexity index is 488. The smallest absolute Gasteiger partial charge is 0.245 e. The second-order valence-corrected chi connectivity index (χ2v) is 4.97. The van der Waals surface area contributed by atoms with Crippen LogP contribution in [0.5, 0.6) is 0 Å². The van der Waals surface area contributed by atoms with E-state index < -0.39 is 6.04 Å². The van der Waals surface area contributed by atoms with Gasteiger partial charge in [0.05, 0.1) is 13.2 Å². The number of halogens is 2. The molecule has 1 aliphatic rings. The summed E-state index contributed by atoms with van der Waals surface area (Å²) in [7, 11) is 0. The van der Waals surface area contributed by atoms with E-state index in [9.17, 15) is 4.79 Å². The van der Waals surface area contributed by atoms with Crippen LogP contribution in [0.2, 0.25) is 10.4 Å². The zero-order chi connectivity index (χ0) is 14.5.